The van der Waals surface area contributed by atoms with Gasteiger partial charge in [-0.15, -0.1) is 0 Å². The highest BCUT2D eigenvalue weighted by Gasteiger charge is 2.04. The topological polar surface area (TPSA) is 57.4 Å². The number of nitrogens with one attached hydrogen (secondary N) is 2. The van der Waals surface area contributed by atoms with E-state index in [4.69, 9.17) is 1.37 Å². The molecule has 0 atom stereocenters. The summed E-state index contributed by atoms with van der Waals surface area (Å²) in [6, 6.07) is 12.6. The molecule has 0 amide bonds. The van der Waals surface area contributed by atoms with Crippen molar-refractivity contribution in [3.63, 3.8) is 0 Å². The van der Waals surface area contributed by atoms with Gasteiger partial charge in [-0.3, -0.25) is 0 Å². The molecule has 5 rings (SSSR count). The van der Waals surface area contributed by atoms with Crippen molar-refractivity contribution in [1.82, 2.24) is 19.9 Å². The number of fused-ring (bicyclic) bond motifs is 8. The monoisotopic (exact) mass is 563 g/mol. The van der Waals surface area contributed by atoms with Crippen molar-refractivity contribution in [2.45, 2.75) is 0 Å². The zero-order chi connectivity index (χ0) is 18.5. The summed E-state index contributed by atoms with van der Waals surface area (Å²) in [6.45, 7) is 0. The van der Waals surface area contributed by atoms with Gasteiger partial charge >= 0.3 is 0 Å². The molecule has 0 saturated heterocycles. The van der Waals surface area contributed by atoms with E-state index < -0.39 is 0 Å². The summed E-state index contributed by atoms with van der Waals surface area (Å²) in [7, 11) is 0. The molecule has 2 aliphatic heterocycles. The zero-order valence-electron chi connectivity index (χ0n) is 14.3. The molecule has 6 heteroatoms. The van der Waals surface area contributed by atoms with E-state index in [1.54, 1.807) is 6.08 Å². The quantitative estimate of drug-likeness (QED) is 0.264. The van der Waals surface area contributed by atoms with Gasteiger partial charge in [0.05, 0.1) is 35.2 Å². The first-order valence-electron chi connectivity index (χ1n) is 8.47. The van der Waals surface area contributed by atoms with Gasteiger partial charge in [0.2, 0.25) is 0 Å². The molecule has 126 valence electrons. The molecule has 0 fully saturated rings. The van der Waals surface area contributed by atoms with Gasteiger partial charge < -0.3 is 9.97 Å². The molecule has 4 nitrogen and oxygen atoms in total. The smallest absolute Gasteiger partial charge is 0.0659 e. The van der Waals surface area contributed by atoms with Gasteiger partial charge in [-0.05, 0) is 106 Å². The van der Waals surface area contributed by atoms with Crippen LogP contribution in [0.25, 0.3) is 46.3 Å². The van der Waals surface area contributed by atoms with E-state index in [9.17, 15) is 0 Å². The Balaban J connectivity index is 1.90. The molecule has 2 aliphatic rings. The Bertz CT molecular complexity index is 1310. The van der Waals surface area contributed by atoms with Gasteiger partial charge in [0.15, 0.2) is 0 Å². The van der Waals surface area contributed by atoms with Crippen molar-refractivity contribution in [2.24, 2.45) is 0 Å². The van der Waals surface area contributed by atoms with Gasteiger partial charge in [-0.2, -0.15) is 0 Å². The Labute approximate surface area is 178 Å². The van der Waals surface area contributed by atoms with E-state index in [1.165, 1.54) is 0 Å². The molecule has 0 spiro atoms. The second kappa shape index (κ2) is 6.34. The van der Waals surface area contributed by atoms with Crippen LogP contribution in [0.2, 0.25) is 0 Å². The van der Waals surface area contributed by atoms with Gasteiger partial charge in [0, 0.05) is 18.2 Å². The SMILES string of the molecule is [2H]C1=Cc2cc3[nH]c(cc3I)cc3[nH]c(cc4nc(cc1n2)C=C4)cc3I. The maximum Gasteiger partial charge on any atom is 0.0659 e. The largest absolute Gasteiger partial charge is 0.355 e. The predicted octanol–water partition coefficient (Wildman–Crippen LogP) is 5.86. The Morgan fingerprint density at radius 3 is 2.00 bits per heavy atom. The van der Waals surface area contributed by atoms with Crippen LogP contribution in [-0.2, 0) is 0 Å². The Kier molecular flexibility index (Phi) is 3.70. The lowest BCUT2D eigenvalue weighted by molar-refractivity contribution is 1.28. The highest BCUT2D eigenvalue weighted by atomic mass is 127. The second-order valence-electron chi connectivity index (χ2n) is 6.06. The number of aromatic amines is 2. The van der Waals surface area contributed by atoms with Crippen molar-refractivity contribution in [2.75, 3.05) is 0 Å². The molecule has 2 N–H and O–H groups in total. The molecule has 0 aliphatic carbocycles. The Hall–Kier alpha value is -1.94. The minimum absolute atomic E-state index is 0.399. The van der Waals surface area contributed by atoms with Crippen molar-refractivity contribution in [3.05, 3.63) is 66.3 Å². The average molecular weight is 563 g/mol. The van der Waals surface area contributed by atoms with Crippen LogP contribution in [0.15, 0.2) is 36.4 Å². The number of nitrogens with zero attached hydrogens (tertiary/aromatic N) is 2. The first-order valence-corrected chi connectivity index (χ1v) is 10.1. The maximum absolute atomic E-state index is 8.20. The van der Waals surface area contributed by atoms with Gasteiger partial charge in [-0.1, -0.05) is 0 Å². The fourth-order valence-corrected chi connectivity index (χ4v) is 4.21. The summed E-state index contributed by atoms with van der Waals surface area (Å²) in [5.74, 6) is 0. The molecule has 0 saturated carbocycles. The highest BCUT2D eigenvalue weighted by molar-refractivity contribution is 14.1. The molecule has 8 bridgehead atoms. The third-order valence-corrected chi connectivity index (χ3v) is 5.90. The minimum atomic E-state index is 0.399. The first-order chi connectivity index (χ1) is 13.0. The molecule has 3 aromatic heterocycles. The number of hydrogen-bond donors (Lipinski definition) is 2. The molecule has 0 unspecified atom stereocenters. The molecule has 0 aromatic carbocycles. The summed E-state index contributed by atoms with van der Waals surface area (Å²) < 4.78 is 10.5. The van der Waals surface area contributed by atoms with Crippen LogP contribution in [0.4, 0.5) is 0 Å². The fourth-order valence-electron chi connectivity index (χ4n) is 2.95. The highest BCUT2D eigenvalue weighted by Crippen LogP contribution is 2.22. The third-order valence-electron chi connectivity index (χ3n) is 4.12. The second-order valence-corrected chi connectivity index (χ2v) is 8.38. The number of H-pyrrole nitrogens is 2. The first kappa shape index (κ1) is 15.2. The third kappa shape index (κ3) is 3.11. The van der Waals surface area contributed by atoms with Gasteiger partial charge in [0.25, 0.3) is 0 Å². The molecule has 26 heavy (non-hydrogen) atoms. The van der Waals surface area contributed by atoms with E-state index in [-0.39, 0.29) is 0 Å². The predicted molar refractivity (Wildman–Crippen MR) is 124 cm³/mol. The molecular formula is C20H12I2N4. The van der Waals surface area contributed by atoms with Crippen molar-refractivity contribution < 1.29 is 1.37 Å². The normalized spacial score (nSPS) is 13.6. The molecule has 0 radical (unpaired) electrons. The Morgan fingerprint density at radius 1 is 0.654 bits per heavy atom. The lowest BCUT2D eigenvalue weighted by atomic mass is 10.3. The number of aromatic nitrogens is 4. The van der Waals surface area contributed by atoms with Crippen LogP contribution in [0.1, 0.15) is 24.1 Å². The summed E-state index contributed by atoms with van der Waals surface area (Å²) in [5.41, 5.74) is 7.13. The number of hydrogen-bond acceptors (Lipinski definition) is 2. The van der Waals surface area contributed by atoms with Gasteiger partial charge in [0.1, 0.15) is 0 Å². The van der Waals surface area contributed by atoms with Crippen LogP contribution in [0, 0.1) is 7.14 Å². The number of rotatable bonds is 0. The molecular weight excluding hydrogens is 550 g/mol. The van der Waals surface area contributed by atoms with Crippen LogP contribution < -0.4 is 0 Å². The standard InChI is InChI=1S/C20H12I2N4/c21-17-7-15-6-13-2-1-11(23-13)5-12-3-4-14(24-12)9-19-18(22)8-16(26-19)10-20(17)25-15/h1-10,25-26H/i3D. The van der Waals surface area contributed by atoms with Crippen LogP contribution in [-0.4, -0.2) is 19.9 Å². The van der Waals surface area contributed by atoms with Crippen LogP contribution in [0.5, 0.6) is 0 Å². The van der Waals surface area contributed by atoms with Gasteiger partial charge in [-0.25, -0.2) is 9.97 Å². The zero-order valence-corrected chi connectivity index (χ0v) is 17.7. The van der Waals surface area contributed by atoms with Crippen LogP contribution in [0.3, 0.4) is 0 Å². The lowest BCUT2D eigenvalue weighted by Gasteiger charge is -1.86. The summed E-state index contributed by atoms with van der Waals surface area (Å²) >= 11 is 4.65. The van der Waals surface area contributed by atoms with Crippen molar-refractivity contribution in [3.8, 4) is 0 Å². The van der Waals surface area contributed by atoms with Crippen LogP contribution >= 0.6 is 45.2 Å². The van der Waals surface area contributed by atoms with E-state index in [0.717, 1.165) is 46.3 Å². The van der Waals surface area contributed by atoms with Crippen molar-refractivity contribution >= 4 is 91.5 Å². The number of halogens is 2. The fraction of sp³-hybridized carbons (Fsp3) is 0. The molecule has 5 heterocycles. The summed E-state index contributed by atoms with van der Waals surface area (Å²) in [4.78, 5) is 16.1. The van der Waals surface area contributed by atoms with E-state index in [0.29, 0.717) is 11.7 Å². The summed E-state index contributed by atoms with van der Waals surface area (Å²) in [5, 5.41) is 0. The molecule has 3 aromatic rings. The maximum atomic E-state index is 8.20. The van der Waals surface area contributed by atoms with E-state index in [2.05, 4.69) is 83.3 Å². The summed E-state index contributed by atoms with van der Waals surface area (Å²) in [6.07, 6.45) is 5.70. The van der Waals surface area contributed by atoms with E-state index in [1.807, 2.05) is 30.4 Å². The van der Waals surface area contributed by atoms with Crippen molar-refractivity contribution in [1.29, 1.82) is 0 Å². The minimum Gasteiger partial charge on any atom is -0.355 e. The Morgan fingerprint density at radius 2 is 1.23 bits per heavy atom. The average Bonchev–Trinajstić information content (AvgIpc) is 3.34. The lowest BCUT2D eigenvalue weighted by Crippen LogP contribution is -1.77. The van der Waals surface area contributed by atoms with E-state index >= 15 is 0 Å².